The number of hydrazine groups is 1. The zero-order valence-electron chi connectivity index (χ0n) is 11.4. The van der Waals surface area contributed by atoms with Crippen LogP contribution >= 0.6 is 0 Å². The molecule has 1 aliphatic rings. The van der Waals surface area contributed by atoms with Gasteiger partial charge in [-0.2, -0.15) is 0 Å². The summed E-state index contributed by atoms with van der Waals surface area (Å²) in [4.78, 5) is 0. The van der Waals surface area contributed by atoms with Crippen molar-refractivity contribution in [3.05, 3.63) is 34.9 Å². The van der Waals surface area contributed by atoms with Crippen molar-refractivity contribution in [2.24, 2.45) is 11.8 Å². The normalized spacial score (nSPS) is 18.5. The van der Waals surface area contributed by atoms with Gasteiger partial charge in [-0.3, -0.25) is 11.3 Å². The molecular weight excluding hydrogens is 246 g/mol. The SMILES string of the molecule is Cc1ccc(C(CC2CCCCC2)NN)c(F)c1F. The van der Waals surface area contributed by atoms with Crippen LogP contribution in [0.5, 0.6) is 0 Å². The van der Waals surface area contributed by atoms with Crippen molar-refractivity contribution < 1.29 is 8.78 Å². The van der Waals surface area contributed by atoms with Crippen LogP contribution in [0.25, 0.3) is 0 Å². The molecule has 2 nitrogen and oxygen atoms in total. The van der Waals surface area contributed by atoms with Gasteiger partial charge in [0.1, 0.15) is 0 Å². The van der Waals surface area contributed by atoms with Gasteiger partial charge in [-0.15, -0.1) is 0 Å². The van der Waals surface area contributed by atoms with Gasteiger partial charge < -0.3 is 0 Å². The number of hydrogen-bond donors (Lipinski definition) is 2. The zero-order valence-corrected chi connectivity index (χ0v) is 11.4. The Kier molecular flexibility index (Phi) is 4.88. The number of hydrogen-bond acceptors (Lipinski definition) is 2. The van der Waals surface area contributed by atoms with Crippen LogP contribution in [-0.2, 0) is 0 Å². The Bertz CT molecular complexity index is 428. The molecule has 1 atom stereocenters. The van der Waals surface area contributed by atoms with E-state index < -0.39 is 11.6 Å². The molecular formula is C15H22F2N2. The predicted molar refractivity (Wildman–Crippen MR) is 72.4 cm³/mol. The van der Waals surface area contributed by atoms with Crippen LogP contribution in [-0.4, -0.2) is 0 Å². The summed E-state index contributed by atoms with van der Waals surface area (Å²) in [5.74, 6) is 4.57. The van der Waals surface area contributed by atoms with Gasteiger partial charge in [-0.25, -0.2) is 8.78 Å². The Balaban J connectivity index is 2.14. The molecule has 4 heteroatoms. The fourth-order valence-electron chi connectivity index (χ4n) is 2.97. The maximum Gasteiger partial charge on any atom is 0.163 e. The summed E-state index contributed by atoms with van der Waals surface area (Å²) in [5.41, 5.74) is 3.32. The van der Waals surface area contributed by atoms with E-state index in [4.69, 9.17) is 5.84 Å². The van der Waals surface area contributed by atoms with Gasteiger partial charge in [0, 0.05) is 11.6 Å². The number of halogens is 2. The van der Waals surface area contributed by atoms with Crippen LogP contribution in [0.15, 0.2) is 12.1 Å². The lowest BCUT2D eigenvalue weighted by molar-refractivity contribution is 0.296. The summed E-state index contributed by atoms with van der Waals surface area (Å²) < 4.78 is 27.6. The molecule has 1 saturated carbocycles. The van der Waals surface area contributed by atoms with Gasteiger partial charge in [-0.1, -0.05) is 44.2 Å². The second kappa shape index (κ2) is 6.44. The van der Waals surface area contributed by atoms with Crippen LogP contribution in [0.3, 0.4) is 0 Å². The molecule has 1 unspecified atom stereocenters. The van der Waals surface area contributed by atoms with E-state index in [0.29, 0.717) is 17.0 Å². The van der Waals surface area contributed by atoms with Crippen LogP contribution < -0.4 is 11.3 Å². The first-order valence-corrected chi connectivity index (χ1v) is 7.04. The molecule has 2 rings (SSSR count). The van der Waals surface area contributed by atoms with Crippen LogP contribution in [0.2, 0.25) is 0 Å². The minimum atomic E-state index is -0.765. The highest BCUT2D eigenvalue weighted by atomic mass is 19.2. The Labute approximate surface area is 113 Å². The molecule has 0 bridgehead atoms. The fraction of sp³-hybridized carbons (Fsp3) is 0.600. The summed E-state index contributed by atoms with van der Waals surface area (Å²) in [5, 5.41) is 0. The van der Waals surface area contributed by atoms with E-state index in [2.05, 4.69) is 5.43 Å². The summed E-state index contributed by atoms with van der Waals surface area (Å²) in [6.45, 7) is 1.56. The number of nitrogens with one attached hydrogen (secondary N) is 1. The lowest BCUT2D eigenvalue weighted by atomic mass is 9.83. The van der Waals surface area contributed by atoms with Gasteiger partial charge >= 0.3 is 0 Å². The Morgan fingerprint density at radius 3 is 2.53 bits per heavy atom. The maximum atomic E-state index is 14.0. The lowest BCUT2D eigenvalue weighted by Gasteiger charge is -2.26. The monoisotopic (exact) mass is 268 g/mol. The first-order chi connectivity index (χ1) is 9.13. The Hall–Kier alpha value is -1.00. The molecule has 3 N–H and O–H groups in total. The smallest absolute Gasteiger partial charge is 0.163 e. The first-order valence-electron chi connectivity index (χ1n) is 7.04. The van der Waals surface area contributed by atoms with Crippen molar-refractivity contribution in [3.8, 4) is 0 Å². The van der Waals surface area contributed by atoms with E-state index in [1.807, 2.05) is 0 Å². The van der Waals surface area contributed by atoms with Crippen LogP contribution in [0.4, 0.5) is 8.78 Å². The molecule has 106 valence electrons. The van der Waals surface area contributed by atoms with E-state index in [-0.39, 0.29) is 6.04 Å². The van der Waals surface area contributed by atoms with Crippen LogP contribution in [0.1, 0.15) is 55.7 Å². The molecule has 0 heterocycles. The molecule has 19 heavy (non-hydrogen) atoms. The van der Waals surface area contributed by atoms with Crippen molar-refractivity contribution in [2.45, 2.75) is 51.5 Å². The van der Waals surface area contributed by atoms with E-state index in [0.717, 1.165) is 19.3 Å². The molecule has 0 saturated heterocycles. The first kappa shape index (κ1) is 14.4. The average molecular weight is 268 g/mol. The third-order valence-electron chi connectivity index (χ3n) is 4.18. The molecule has 1 aromatic rings. The summed E-state index contributed by atoms with van der Waals surface area (Å²) in [7, 11) is 0. The van der Waals surface area contributed by atoms with Crippen molar-refractivity contribution >= 4 is 0 Å². The van der Waals surface area contributed by atoms with Crippen molar-refractivity contribution in [1.82, 2.24) is 5.43 Å². The molecule has 1 aliphatic carbocycles. The summed E-state index contributed by atoms with van der Waals surface area (Å²) >= 11 is 0. The third-order valence-corrected chi connectivity index (χ3v) is 4.18. The van der Waals surface area contributed by atoms with Crippen molar-refractivity contribution in [2.75, 3.05) is 0 Å². The number of benzene rings is 1. The Morgan fingerprint density at radius 2 is 1.89 bits per heavy atom. The second-order valence-electron chi connectivity index (χ2n) is 5.56. The molecule has 0 aliphatic heterocycles. The van der Waals surface area contributed by atoms with Gasteiger partial charge in [0.25, 0.3) is 0 Å². The minimum Gasteiger partial charge on any atom is -0.271 e. The molecule has 0 spiro atoms. The second-order valence-corrected chi connectivity index (χ2v) is 5.56. The predicted octanol–water partition coefficient (Wildman–Crippen LogP) is 3.75. The summed E-state index contributed by atoms with van der Waals surface area (Å²) in [6.07, 6.45) is 6.84. The molecule has 0 amide bonds. The highest BCUT2D eigenvalue weighted by Gasteiger charge is 2.23. The van der Waals surface area contributed by atoms with E-state index in [1.165, 1.54) is 19.3 Å². The van der Waals surface area contributed by atoms with Crippen LogP contribution in [0, 0.1) is 24.5 Å². The number of aryl methyl sites for hydroxylation is 1. The van der Waals surface area contributed by atoms with E-state index in [9.17, 15) is 8.78 Å². The molecule has 1 aromatic carbocycles. The highest BCUT2D eigenvalue weighted by Crippen LogP contribution is 2.33. The molecule has 0 aromatic heterocycles. The number of nitrogens with two attached hydrogens (primary N) is 1. The van der Waals surface area contributed by atoms with Crippen molar-refractivity contribution in [1.29, 1.82) is 0 Å². The largest absolute Gasteiger partial charge is 0.271 e. The average Bonchev–Trinajstić information content (AvgIpc) is 2.44. The van der Waals surface area contributed by atoms with E-state index in [1.54, 1.807) is 19.1 Å². The van der Waals surface area contributed by atoms with Crippen molar-refractivity contribution in [3.63, 3.8) is 0 Å². The maximum absolute atomic E-state index is 14.0. The van der Waals surface area contributed by atoms with Gasteiger partial charge in [0.05, 0.1) is 0 Å². The Morgan fingerprint density at radius 1 is 1.21 bits per heavy atom. The van der Waals surface area contributed by atoms with E-state index >= 15 is 0 Å². The van der Waals surface area contributed by atoms with Gasteiger partial charge in [0.15, 0.2) is 11.6 Å². The minimum absolute atomic E-state index is 0.307. The van der Waals surface area contributed by atoms with Gasteiger partial charge in [-0.05, 0) is 24.8 Å². The highest BCUT2D eigenvalue weighted by molar-refractivity contribution is 5.27. The van der Waals surface area contributed by atoms with Gasteiger partial charge in [0.2, 0.25) is 0 Å². The standard InChI is InChI=1S/C15H22F2N2/c1-10-7-8-12(15(17)14(10)16)13(19-18)9-11-5-3-2-4-6-11/h7-8,11,13,19H,2-6,9,18H2,1H3. The quantitative estimate of drug-likeness (QED) is 0.644. The lowest BCUT2D eigenvalue weighted by Crippen LogP contribution is -2.31. The number of rotatable bonds is 4. The summed E-state index contributed by atoms with van der Waals surface area (Å²) in [6, 6.07) is 2.94. The molecule has 0 radical (unpaired) electrons. The third kappa shape index (κ3) is 3.31. The molecule has 1 fully saturated rings. The zero-order chi connectivity index (χ0) is 13.8. The topological polar surface area (TPSA) is 38.0 Å². The fourth-order valence-corrected chi connectivity index (χ4v) is 2.97.